The van der Waals surface area contributed by atoms with E-state index in [1.165, 1.54) is 44.6 Å². The first kappa shape index (κ1) is 20.2. The Hall–Kier alpha value is 0.910. The first-order valence-electron chi connectivity index (χ1n) is 6.20. The van der Waals surface area contributed by atoms with Crippen molar-refractivity contribution in [2.45, 2.75) is 64.7 Å². The number of allylic oxidation sites excluding steroid dienone is 1. The van der Waals surface area contributed by atoms with Gasteiger partial charge >= 0.3 is 37.7 Å². The molecule has 0 spiro atoms. The minimum absolute atomic E-state index is 0. The molecular formula is C12H26CaO3S. The van der Waals surface area contributed by atoms with Crippen molar-refractivity contribution >= 4 is 47.9 Å². The molecule has 0 aliphatic heterocycles. The van der Waals surface area contributed by atoms with Gasteiger partial charge in [-0.1, -0.05) is 57.9 Å². The fourth-order valence-corrected chi connectivity index (χ4v) is 1.96. The van der Waals surface area contributed by atoms with Crippen LogP contribution >= 0.6 is 0 Å². The van der Waals surface area contributed by atoms with E-state index in [-0.39, 0.29) is 40.6 Å². The molecule has 3 nitrogen and oxygen atoms in total. The van der Waals surface area contributed by atoms with Crippen LogP contribution in [0.5, 0.6) is 0 Å². The smallest absolute Gasteiger partial charge is 1.00 e. The van der Waals surface area contributed by atoms with E-state index in [2.05, 4.69) is 6.92 Å². The summed E-state index contributed by atoms with van der Waals surface area (Å²) >= 11 is 0. The maximum Gasteiger partial charge on any atom is 2.00 e. The second kappa shape index (κ2) is 13.3. The standard InChI is InChI=1S/C12H24O3S.Ca.2H/c1-2-3-4-5-6-7-8-9-10-11-12-16(13,14)15;;;/h11-12H,2-10H2,1H3,(H,13,14,15);;;/q;+2;2*-1. The minimum atomic E-state index is -3.91. The van der Waals surface area contributed by atoms with Crippen molar-refractivity contribution in [3.8, 4) is 0 Å². The van der Waals surface area contributed by atoms with Crippen molar-refractivity contribution in [3.63, 3.8) is 0 Å². The zero-order valence-corrected chi connectivity index (χ0v) is 13.9. The van der Waals surface area contributed by atoms with Crippen molar-refractivity contribution in [2.75, 3.05) is 0 Å². The maximum atomic E-state index is 10.3. The van der Waals surface area contributed by atoms with Gasteiger partial charge in [0.05, 0.1) is 5.41 Å². The Balaban J connectivity index is -0.000000375. The van der Waals surface area contributed by atoms with Gasteiger partial charge in [0.15, 0.2) is 0 Å². The summed E-state index contributed by atoms with van der Waals surface area (Å²) in [6.07, 6.45) is 12.2. The van der Waals surface area contributed by atoms with Crippen LogP contribution in [0.1, 0.15) is 67.6 Å². The van der Waals surface area contributed by atoms with Crippen molar-refractivity contribution in [2.24, 2.45) is 0 Å². The zero-order chi connectivity index (χ0) is 12.3. The van der Waals surface area contributed by atoms with Gasteiger partial charge in [0.1, 0.15) is 0 Å². The van der Waals surface area contributed by atoms with Crippen LogP contribution in [0.3, 0.4) is 0 Å². The van der Waals surface area contributed by atoms with Gasteiger partial charge in [0.25, 0.3) is 10.1 Å². The van der Waals surface area contributed by atoms with Crippen molar-refractivity contribution in [1.29, 1.82) is 0 Å². The van der Waals surface area contributed by atoms with Crippen LogP contribution in [0.25, 0.3) is 0 Å². The first-order chi connectivity index (χ1) is 7.56. The molecule has 0 radical (unpaired) electrons. The molecule has 0 unspecified atom stereocenters. The van der Waals surface area contributed by atoms with Crippen LogP contribution in [0, 0.1) is 0 Å². The van der Waals surface area contributed by atoms with Gasteiger partial charge in [-0.3, -0.25) is 4.55 Å². The van der Waals surface area contributed by atoms with Gasteiger partial charge in [0, 0.05) is 0 Å². The Morgan fingerprint density at radius 3 is 1.94 bits per heavy atom. The Labute approximate surface area is 139 Å². The summed E-state index contributed by atoms with van der Waals surface area (Å²) in [6, 6.07) is 0. The molecule has 0 aromatic rings. The summed E-state index contributed by atoms with van der Waals surface area (Å²) in [7, 11) is -3.91. The van der Waals surface area contributed by atoms with E-state index in [1.807, 2.05) is 0 Å². The van der Waals surface area contributed by atoms with E-state index >= 15 is 0 Å². The van der Waals surface area contributed by atoms with Crippen LogP contribution in [-0.2, 0) is 10.1 Å². The predicted molar refractivity (Wildman–Crippen MR) is 75.9 cm³/mol. The molecule has 5 heteroatoms. The number of hydrogen-bond donors (Lipinski definition) is 1. The fourth-order valence-electron chi connectivity index (χ4n) is 1.59. The Morgan fingerprint density at radius 1 is 1.00 bits per heavy atom. The molecule has 0 amide bonds. The predicted octanol–water partition coefficient (Wildman–Crippen LogP) is 3.76. The van der Waals surface area contributed by atoms with Crippen LogP contribution in [0.2, 0.25) is 0 Å². The summed E-state index contributed by atoms with van der Waals surface area (Å²) in [4.78, 5) is 0. The zero-order valence-electron chi connectivity index (χ0n) is 12.9. The third kappa shape index (κ3) is 19.4. The van der Waals surface area contributed by atoms with Crippen molar-refractivity contribution in [3.05, 3.63) is 11.5 Å². The Kier molecular flexibility index (Phi) is 15.9. The molecule has 1 N–H and O–H groups in total. The first-order valence-corrected chi connectivity index (χ1v) is 7.70. The van der Waals surface area contributed by atoms with Gasteiger partial charge in [0.2, 0.25) is 0 Å². The largest absolute Gasteiger partial charge is 2.00 e. The van der Waals surface area contributed by atoms with E-state index in [0.717, 1.165) is 24.7 Å². The van der Waals surface area contributed by atoms with Crippen molar-refractivity contribution in [1.82, 2.24) is 0 Å². The van der Waals surface area contributed by atoms with E-state index < -0.39 is 10.1 Å². The maximum absolute atomic E-state index is 10.3. The third-order valence-electron chi connectivity index (χ3n) is 2.49. The third-order valence-corrected chi connectivity index (χ3v) is 3.03. The van der Waals surface area contributed by atoms with E-state index in [4.69, 9.17) is 4.55 Å². The summed E-state index contributed by atoms with van der Waals surface area (Å²) in [5, 5.41) is 0.869. The average molecular weight is 290 g/mol. The molecule has 0 aromatic carbocycles. The topological polar surface area (TPSA) is 54.4 Å². The average Bonchev–Trinajstić information content (AvgIpc) is 2.19. The Morgan fingerprint density at radius 2 is 1.47 bits per heavy atom. The second-order valence-electron chi connectivity index (χ2n) is 4.15. The molecule has 0 aromatic heterocycles. The van der Waals surface area contributed by atoms with E-state index in [1.54, 1.807) is 0 Å². The minimum Gasteiger partial charge on any atom is -1.00 e. The van der Waals surface area contributed by atoms with Crippen LogP contribution in [-0.4, -0.2) is 50.7 Å². The molecule has 0 fully saturated rings. The normalized spacial score (nSPS) is 11.6. The molecule has 0 heterocycles. The quantitative estimate of drug-likeness (QED) is 0.378. The van der Waals surface area contributed by atoms with Gasteiger partial charge in [-0.25, -0.2) is 0 Å². The van der Waals surface area contributed by atoms with Crippen LogP contribution < -0.4 is 0 Å². The summed E-state index contributed by atoms with van der Waals surface area (Å²) in [5.41, 5.74) is 0. The summed E-state index contributed by atoms with van der Waals surface area (Å²) < 4.78 is 29.1. The molecule has 0 aliphatic rings. The van der Waals surface area contributed by atoms with E-state index in [9.17, 15) is 8.42 Å². The Bertz CT molecular complexity index is 283. The molecule has 0 rings (SSSR count). The summed E-state index contributed by atoms with van der Waals surface area (Å²) in [6.45, 7) is 2.21. The molecule has 0 atom stereocenters. The van der Waals surface area contributed by atoms with Gasteiger partial charge < -0.3 is 2.85 Å². The summed E-state index contributed by atoms with van der Waals surface area (Å²) in [5.74, 6) is 0. The molecular weight excluding hydrogens is 264 g/mol. The molecule has 17 heavy (non-hydrogen) atoms. The SMILES string of the molecule is CCCCCCCCCCC=CS(=O)(=O)O.[Ca+2].[H-].[H-]. The molecule has 0 aliphatic carbocycles. The molecule has 0 bridgehead atoms. The van der Waals surface area contributed by atoms with Gasteiger partial charge in [-0.05, 0) is 12.8 Å². The number of unbranched alkanes of at least 4 members (excludes halogenated alkanes) is 8. The van der Waals surface area contributed by atoms with Gasteiger partial charge in [-0.2, -0.15) is 8.42 Å². The van der Waals surface area contributed by atoms with Crippen LogP contribution in [0.15, 0.2) is 11.5 Å². The fraction of sp³-hybridized carbons (Fsp3) is 0.833. The van der Waals surface area contributed by atoms with Gasteiger partial charge in [-0.15, -0.1) is 0 Å². The molecule has 0 saturated carbocycles. The number of hydrogen-bond acceptors (Lipinski definition) is 2. The molecule has 0 saturated heterocycles. The van der Waals surface area contributed by atoms with Crippen molar-refractivity contribution < 1.29 is 15.8 Å². The van der Waals surface area contributed by atoms with E-state index in [0.29, 0.717) is 0 Å². The monoisotopic (exact) mass is 290 g/mol. The molecule has 100 valence electrons. The number of rotatable bonds is 10. The second-order valence-corrected chi connectivity index (χ2v) is 5.45. The van der Waals surface area contributed by atoms with Crippen LogP contribution in [0.4, 0.5) is 0 Å².